The molecule has 0 saturated heterocycles. The fraction of sp³-hybridized carbons (Fsp3) is 0.167. The lowest BCUT2D eigenvalue weighted by Crippen LogP contribution is -2.29. The zero-order valence-corrected chi connectivity index (χ0v) is 9.52. The molecule has 0 fully saturated rings. The van der Waals surface area contributed by atoms with Crippen molar-refractivity contribution in [3.05, 3.63) is 54.1 Å². The first-order valence-corrected chi connectivity index (χ1v) is 5.41. The van der Waals surface area contributed by atoms with Crippen LogP contribution in [0.3, 0.4) is 0 Å². The zero-order chi connectivity index (χ0) is 12.8. The highest BCUT2D eigenvalue weighted by atomic mass is 16.3. The van der Waals surface area contributed by atoms with Crippen molar-refractivity contribution in [2.24, 2.45) is 0 Å². The topological polar surface area (TPSA) is 88.0 Å². The summed E-state index contributed by atoms with van der Waals surface area (Å²) in [5.74, 6) is -0.369. The number of carbonyl (C=O) groups is 1. The van der Waals surface area contributed by atoms with Crippen LogP contribution in [0.1, 0.15) is 22.2 Å². The van der Waals surface area contributed by atoms with Crippen molar-refractivity contribution in [3.63, 3.8) is 0 Å². The number of amides is 1. The second-order valence-corrected chi connectivity index (χ2v) is 3.62. The minimum absolute atomic E-state index is 0.0983. The molecule has 0 spiro atoms. The van der Waals surface area contributed by atoms with Gasteiger partial charge in [-0.3, -0.25) is 9.78 Å². The predicted octanol–water partition coefficient (Wildman–Crippen LogP) is 0.335. The number of aromatic nitrogens is 3. The van der Waals surface area contributed by atoms with Crippen LogP contribution < -0.4 is 5.32 Å². The number of nitrogens with zero attached hydrogens (tertiary/aromatic N) is 3. The van der Waals surface area contributed by atoms with Crippen LogP contribution in [0.15, 0.2) is 42.9 Å². The van der Waals surface area contributed by atoms with Gasteiger partial charge in [-0.05, 0) is 18.2 Å². The minimum atomic E-state index is -0.792. The average molecular weight is 244 g/mol. The van der Waals surface area contributed by atoms with Gasteiger partial charge in [-0.25, -0.2) is 0 Å². The quantitative estimate of drug-likeness (QED) is 0.809. The Morgan fingerprint density at radius 3 is 2.83 bits per heavy atom. The monoisotopic (exact) mass is 244 g/mol. The van der Waals surface area contributed by atoms with Crippen molar-refractivity contribution >= 4 is 5.91 Å². The summed E-state index contributed by atoms with van der Waals surface area (Å²) in [4.78, 5) is 15.5. The Morgan fingerprint density at radius 2 is 2.17 bits per heavy atom. The number of aliphatic hydroxyl groups is 1. The first-order chi connectivity index (χ1) is 8.77. The van der Waals surface area contributed by atoms with E-state index in [0.717, 1.165) is 0 Å². The second-order valence-electron chi connectivity index (χ2n) is 3.62. The standard InChI is InChI=1S/C12H12N4O2/c17-11(9-3-1-5-13-7-9)8-14-12(18)10-4-2-6-15-16-10/h1-7,11,17H,8H2,(H,14,18). The molecule has 1 atom stereocenters. The molecule has 0 aromatic carbocycles. The second kappa shape index (κ2) is 5.83. The Bertz CT molecular complexity index is 504. The Morgan fingerprint density at radius 1 is 1.33 bits per heavy atom. The number of hydrogen-bond donors (Lipinski definition) is 2. The third kappa shape index (κ3) is 3.08. The number of nitrogens with one attached hydrogen (secondary N) is 1. The number of pyridine rings is 1. The van der Waals surface area contributed by atoms with Gasteiger partial charge >= 0.3 is 0 Å². The fourth-order valence-corrected chi connectivity index (χ4v) is 1.39. The lowest BCUT2D eigenvalue weighted by Gasteiger charge is -2.11. The fourth-order valence-electron chi connectivity index (χ4n) is 1.39. The molecule has 6 heteroatoms. The van der Waals surface area contributed by atoms with E-state index in [4.69, 9.17) is 0 Å². The van der Waals surface area contributed by atoms with Crippen LogP contribution in [0.2, 0.25) is 0 Å². The van der Waals surface area contributed by atoms with E-state index in [2.05, 4.69) is 20.5 Å². The highest BCUT2D eigenvalue weighted by Gasteiger charge is 2.11. The van der Waals surface area contributed by atoms with Gasteiger partial charge in [0, 0.05) is 30.7 Å². The minimum Gasteiger partial charge on any atom is -0.387 e. The number of hydrogen-bond acceptors (Lipinski definition) is 5. The molecule has 2 heterocycles. The third-order valence-electron chi connectivity index (χ3n) is 2.33. The SMILES string of the molecule is O=C(NCC(O)c1cccnc1)c1cccnn1. The summed E-state index contributed by atoms with van der Waals surface area (Å²) in [6.45, 7) is 0.0983. The first-order valence-electron chi connectivity index (χ1n) is 5.41. The summed E-state index contributed by atoms with van der Waals surface area (Å²) < 4.78 is 0. The van der Waals surface area contributed by atoms with Gasteiger partial charge in [0.25, 0.3) is 5.91 Å². The van der Waals surface area contributed by atoms with Crippen LogP contribution in [-0.4, -0.2) is 32.7 Å². The smallest absolute Gasteiger partial charge is 0.271 e. The van der Waals surface area contributed by atoms with Crippen molar-refractivity contribution in [1.82, 2.24) is 20.5 Å². The summed E-state index contributed by atoms with van der Waals surface area (Å²) >= 11 is 0. The molecule has 2 aromatic heterocycles. The van der Waals surface area contributed by atoms with Crippen LogP contribution in [0.4, 0.5) is 0 Å². The molecule has 2 rings (SSSR count). The summed E-state index contributed by atoms with van der Waals surface area (Å²) in [6.07, 6.45) is 3.87. The van der Waals surface area contributed by atoms with Crippen LogP contribution in [0.5, 0.6) is 0 Å². The van der Waals surface area contributed by atoms with Gasteiger partial charge in [0.05, 0.1) is 6.10 Å². The van der Waals surface area contributed by atoms with Gasteiger partial charge in [-0.15, -0.1) is 5.10 Å². The Hall–Kier alpha value is -2.34. The summed E-state index contributed by atoms with van der Waals surface area (Å²) in [5, 5.41) is 19.7. The molecule has 0 radical (unpaired) electrons. The molecule has 0 saturated carbocycles. The third-order valence-corrected chi connectivity index (χ3v) is 2.33. The van der Waals surface area contributed by atoms with Gasteiger partial charge in [-0.1, -0.05) is 6.07 Å². The molecule has 1 unspecified atom stereocenters. The van der Waals surface area contributed by atoms with E-state index in [0.29, 0.717) is 5.56 Å². The molecule has 0 aliphatic rings. The molecule has 18 heavy (non-hydrogen) atoms. The normalized spacial score (nSPS) is 11.8. The summed E-state index contributed by atoms with van der Waals surface area (Å²) in [5.41, 5.74) is 0.868. The Kier molecular flexibility index (Phi) is 3.93. The Balaban J connectivity index is 1.91. The Labute approximate surface area is 104 Å². The lowest BCUT2D eigenvalue weighted by molar-refractivity contribution is 0.0910. The summed E-state index contributed by atoms with van der Waals surface area (Å²) in [7, 11) is 0. The summed E-state index contributed by atoms with van der Waals surface area (Å²) in [6, 6.07) is 6.65. The number of aliphatic hydroxyl groups excluding tert-OH is 1. The average Bonchev–Trinajstić information content (AvgIpc) is 2.46. The predicted molar refractivity (Wildman–Crippen MR) is 63.6 cm³/mol. The van der Waals surface area contributed by atoms with E-state index < -0.39 is 6.10 Å². The van der Waals surface area contributed by atoms with Crippen molar-refractivity contribution in [1.29, 1.82) is 0 Å². The van der Waals surface area contributed by atoms with Crippen LogP contribution in [0, 0.1) is 0 Å². The number of rotatable bonds is 4. The number of carbonyl (C=O) groups excluding carboxylic acids is 1. The molecule has 0 aliphatic heterocycles. The molecule has 0 aliphatic carbocycles. The lowest BCUT2D eigenvalue weighted by atomic mass is 10.1. The van der Waals surface area contributed by atoms with E-state index >= 15 is 0 Å². The first kappa shape index (κ1) is 12.1. The zero-order valence-electron chi connectivity index (χ0n) is 9.52. The van der Waals surface area contributed by atoms with E-state index in [-0.39, 0.29) is 18.1 Å². The van der Waals surface area contributed by atoms with E-state index in [9.17, 15) is 9.90 Å². The van der Waals surface area contributed by atoms with Crippen LogP contribution in [-0.2, 0) is 0 Å². The van der Waals surface area contributed by atoms with Gasteiger partial charge in [0.1, 0.15) is 0 Å². The largest absolute Gasteiger partial charge is 0.387 e. The molecule has 2 aromatic rings. The molecule has 92 valence electrons. The van der Waals surface area contributed by atoms with E-state index in [1.54, 1.807) is 36.7 Å². The molecule has 1 amide bonds. The maximum absolute atomic E-state index is 11.6. The molecular formula is C12H12N4O2. The van der Waals surface area contributed by atoms with Gasteiger partial charge < -0.3 is 10.4 Å². The molecule has 2 N–H and O–H groups in total. The molecule has 6 nitrogen and oxygen atoms in total. The van der Waals surface area contributed by atoms with Gasteiger partial charge in [-0.2, -0.15) is 5.10 Å². The molecule has 0 bridgehead atoms. The van der Waals surface area contributed by atoms with Crippen molar-refractivity contribution < 1.29 is 9.90 Å². The van der Waals surface area contributed by atoms with Crippen molar-refractivity contribution in [2.45, 2.75) is 6.10 Å². The highest BCUT2D eigenvalue weighted by molar-refractivity contribution is 5.91. The van der Waals surface area contributed by atoms with E-state index in [1.807, 2.05) is 0 Å². The van der Waals surface area contributed by atoms with Gasteiger partial charge in [0.2, 0.25) is 0 Å². The van der Waals surface area contributed by atoms with Crippen molar-refractivity contribution in [2.75, 3.05) is 6.54 Å². The highest BCUT2D eigenvalue weighted by Crippen LogP contribution is 2.09. The van der Waals surface area contributed by atoms with Crippen LogP contribution in [0.25, 0.3) is 0 Å². The molecular weight excluding hydrogens is 232 g/mol. The maximum Gasteiger partial charge on any atom is 0.271 e. The van der Waals surface area contributed by atoms with Crippen molar-refractivity contribution in [3.8, 4) is 0 Å². The maximum atomic E-state index is 11.6. The van der Waals surface area contributed by atoms with Crippen LogP contribution >= 0.6 is 0 Å². The van der Waals surface area contributed by atoms with Gasteiger partial charge in [0.15, 0.2) is 5.69 Å². The van der Waals surface area contributed by atoms with E-state index in [1.165, 1.54) is 6.20 Å².